The average molecular weight is 332 g/mol. The predicted molar refractivity (Wildman–Crippen MR) is 98.7 cm³/mol. The van der Waals surface area contributed by atoms with Crippen molar-refractivity contribution in [2.45, 2.75) is 29.7 Å². The summed E-state index contributed by atoms with van der Waals surface area (Å²) in [5.74, 6) is 1.90. The normalized spacial score (nSPS) is 11.9. The summed E-state index contributed by atoms with van der Waals surface area (Å²) in [6.07, 6.45) is 0. The van der Waals surface area contributed by atoms with E-state index in [2.05, 4.69) is 24.4 Å². The molecule has 0 aliphatic rings. The van der Waals surface area contributed by atoms with Gasteiger partial charge < -0.3 is 5.32 Å². The van der Waals surface area contributed by atoms with Crippen LogP contribution in [0.4, 0.5) is 5.69 Å². The fourth-order valence-corrected chi connectivity index (χ4v) is 3.56. The van der Waals surface area contributed by atoms with Gasteiger partial charge in [0, 0.05) is 10.6 Å². The van der Waals surface area contributed by atoms with Gasteiger partial charge in [-0.25, -0.2) is 0 Å². The highest BCUT2D eigenvalue weighted by Crippen LogP contribution is 2.27. The van der Waals surface area contributed by atoms with Gasteiger partial charge in [-0.05, 0) is 30.4 Å². The number of hydrogen-bond acceptors (Lipinski definition) is 3. The van der Waals surface area contributed by atoms with Gasteiger partial charge in [0.05, 0.1) is 10.9 Å². The van der Waals surface area contributed by atoms with Crippen LogP contribution in [-0.2, 0) is 10.5 Å². The zero-order valence-electron chi connectivity index (χ0n) is 12.9. The molecule has 0 fully saturated rings. The summed E-state index contributed by atoms with van der Waals surface area (Å²) in [6.45, 7) is 4.07. The van der Waals surface area contributed by atoms with Gasteiger partial charge in [0.1, 0.15) is 0 Å². The number of para-hydroxylation sites is 1. The number of hydrogen-bond donors (Lipinski definition) is 1. The minimum Gasteiger partial charge on any atom is -0.324 e. The number of carbonyl (C=O) groups is 1. The number of anilines is 1. The van der Waals surface area contributed by atoms with E-state index >= 15 is 0 Å². The highest BCUT2D eigenvalue weighted by molar-refractivity contribution is 8.00. The SMILES string of the molecule is CCSc1ccccc1NC(=O)[C@@H](C)SCc1ccccc1. The molecule has 0 saturated heterocycles. The molecule has 116 valence electrons. The Morgan fingerprint density at radius 1 is 1.09 bits per heavy atom. The molecular weight excluding hydrogens is 310 g/mol. The van der Waals surface area contributed by atoms with E-state index in [1.54, 1.807) is 23.5 Å². The van der Waals surface area contributed by atoms with Crippen LogP contribution in [0.3, 0.4) is 0 Å². The number of benzene rings is 2. The van der Waals surface area contributed by atoms with Crippen molar-refractivity contribution in [2.75, 3.05) is 11.1 Å². The second-order valence-corrected chi connectivity index (χ2v) is 7.49. The molecule has 22 heavy (non-hydrogen) atoms. The Morgan fingerprint density at radius 2 is 1.77 bits per heavy atom. The lowest BCUT2D eigenvalue weighted by molar-refractivity contribution is -0.115. The summed E-state index contributed by atoms with van der Waals surface area (Å²) in [6, 6.07) is 18.2. The lowest BCUT2D eigenvalue weighted by Crippen LogP contribution is -2.22. The number of nitrogens with one attached hydrogen (secondary N) is 1. The second-order valence-electron chi connectivity index (χ2n) is 4.86. The van der Waals surface area contributed by atoms with Gasteiger partial charge in [-0.15, -0.1) is 23.5 Å². The van der Waals surface area contributed by atoms with E-state index in [1.807, 2.05) is 49.4 Å². The molecular formula is C18H21NOS2. The van der Waals surface area contributed by atoms with Crippen molar-refractivity contribution in [2.24, 2.45) is 0 Å². The quantitative estimate of drug-likeness (QED) is 0.719. The predicted octanol–water partition coefficient (Wildman–Crippen LogP) is 5.06. The van der Waals surface area contributed by atoms with Crippen LogP contribution in [0.15, 0.2) is 59.5 Å². The van der Waals surface area contributed by atoms with Crippen molar-refractivity contribution >= 4 is 35.1 Å². The first-order chi connectivity index (χ1) is 10.7. The van der Waals surface area contributed by atoms with Gasteiger partial charge in [-0.2, -0.15) is 0 Å². The third-order valence-electron chi connectivity index (χ3n) is 3.16. The number of carbonyl (C=O) groups excluding carboxylic acids is 1. The Bertz CT molecular complexity index is 601. The number of thioether (sulfide) groups is 2. The van der Waals surface area contributed by atoms with Gasteiger partial charge in [0.2, 0.25) is 5.91 Å². The monoisotopic (exact) mass is 331 g/mol. The third kappa shape index (κ3) is 5.11. The maximum absolute atomic E-state index is 12.3. The second kappa shape index (κ2) is 8.91. The minimum absolute atomic E-state index is 0.0603. The van der Waals surface area contributed by atoms with Crippen LogP contribution in [-0.4, -0.2) is 16.9 Å². The zero-order chi connectivity index (χ0) is 15.8. The molecule has 1 N–H and O–H groups in total. The van der Waals surface area contributed by atoms with Gasteiger partial charge in [-0.1, -0.05) is 49.4 Å². The average Bonchev–Trinajstić information content (AvgIpc) is 2.55. The Balaban J connectivity index is 1.91. The van der Waals surface area contributed by atoms with Crippen LogP contribution in [0.2, 0.25) is 0 Å². The molecule has 0 unspecified atom stereocenters. The number of rotatable bonds is 7. The van der Waals surface area contributed by atoms with Crippen LogP contribution >= 0.6 is 23.5 Å². The summed E-state index contributed by atoms with van der Waals surface area (Å²) < 4.78 is 0. The molecule has 0 aliphatic carbocycles. The van der Waals surface area contributed by atoms with E-state index < -0.39 is 0 Å². The molecule has 1 atom stereocenters. The molecule has 0 bridgehead atoms. The number of amides is 1. The molecule has 0 aromatic heterocycles. The first-order valence-electron chi connectivity index (χ1n) is 7.39. The third-order valence-corrected chi connectivity index (χ3v) is 5.33. The van der Waals surface area contributed by atoms with Crippen LogP contribution in [0, 0.1) is 0 Å². The maximum Gasteiger partial charge on any atom is 0.237 e. The van der Waals surface area contributed by atoms with E-state index in [1.165, 1.54) is 5.56 Å². The highest BCUT2D eigenvalue weighted by atomic mass is 32.2. The summed E-state index contributed by atoms with van der Waals surface area (Å²) in [5.41, 5.74) is 2.15. The Hall–Kier alpha value is -1.39. The van der Waals surface area contributed by atoms with E-state index in [4.69, 9.17) is 0 Å². The van der Waals surface area contributed by atoms with Crippen molar-refractivity contribution < 1.29 is 4.79 Å². The van der Waals surface area contributed by atoms with Crippen LogP contribution < -0.4 is 5.32 Å². The standard InChI is InChI=1S/C18H21NOS2/c1-3-21-17-12-8-7-11-16(17)19-18(20)14(2)22-13-15-9-5-4-6-10-15/h4-12,14H,3,13H2,1-2H3,(H,19,20)/t14-/m1/s1. The van der Waals surface area contributed by atoms with E-state index in [-0.39, 0.29) is 11.2 Å². The summed E-state index contributed by atoms with van der Waals surface area (Å²) in [5, 5.41) is 2.97. The molecule has 0 radical (unpaired) electrons. The van der Waals surface area contributed by atoms with Gasteiger partial charge in [0.25, 0.3) is 0 Å². The molecule has 4 heteroatoms. The van der Waals surface area contributed by atoms with Crippen LogP contribution in [0.5, 0.6) is 0 Å². The smallest absolute Gasteiger partial charge is 0.237 e. The fraction of sp³-hybridized carbons (Fsp3) is 0.278. The Labute approximate surface area is 141 Å². The van der Waals surface area contributed by atoms with Gasteiger partial charge >= 0.3 is 0 Å². The molecule has 0 spiro atoms. The minimum atomic E-state index is -0.0834. The van der Waals surface area contributed by atoms with Crippen molar-refractivity contribution in [3.05, 3.63) is 60.2 Å². The van der Waals surface area contributed by atoms with Crippen molar-refractivity contribution in [1.29, 1.82) is 0 Å². The van der Waals surface area contributed by atoms with Crippen molar-refractivity contribution in [3.63, 3.8) is 0 Å². The van der Waals surface area contributed by atoms with E-state index in [9.17, 15) is 4.79 Å². The van der Waals surface area contributed by atoms with Crippen LogP contribution in [0.1, 0.15) is 19.4 Å². The molecule has 0 aliphatic heterocycles. The molecule has 1 amide bonds. The Kier molecular flexibility index (Phi) is 6.87. The summed E-state index contributed by atoms with van der Waals surface area (Å²) in [4.78, 5) is 13.5. The first-order valence-corrected chi connectivity index (χ1v) is 9.42. The highest BCUT2D eigenvalue weighted by Gasteiger charge is 2.15. The lowest BCUT2D eigenvalue weighted by Gasteiger charge is -2.14. The molecule has 0 saturated carbocycles. The molecule has 2 aromatic rings. The lowest BCUT2D eigenvalue weighted by atomic mass is 10.2. The van der Waals surface area contributed by atoms with E-state index in [0.717, 1.165) is 22.1 Å². The topological polar surface area (TPSA) is 29.1 Å². The summed E-state index contributed by atoms with van der Waals surface area (Å²) >= 11 is 3.40. The van der Waals surface area contributed by atoms with E-state index in [0.29, 0.717) is 0 Å². The zero-order valence-corrected chi connectivity index (χ0v) is 14.5. The molecule has 0 heterocycles. The molecule has 2 aromatic carbocycles. The molecule has 2 nitrogen and oxygen atoms in total. The summed E-state index contributed by atoms with van der Waals surface area (Å²) in [7, 11) is 0. The fourth-order valence-electron chi connectivity index (χ4n) is 1.96. The van der Waals surface area contributed by atoms with Gasteiger partial charge in [-0.3, -0.25) is 4.79 Å². The van der Waals surface area contributed by atoms with Gasteiger partial charge in [0.15, 0.2) is 0 Å². The largest absolute Gasteiger partial charge is 0.324 e. The van der Waals surface area contributed by atoms with Crippen molar-refractivity contribution in [3.8, 4) is 0 Å². The van der Waals surface area contributed by atoms with Crippen LogP contribution in [0.25, 0.3) is 0 Å². The van der Waals surface area contributed by atoms with Crippen molar-refractivity contribution in [1.82, 2.24) is 0 Å². The Morgan fingerprint density at radius 3 is 2.50 bits per heavy atom. The maximum atomic E-state index is 12.3. The first kappa shape index (κ1) is 17.0. The molecule has 2 rings (SSSR count).